The first-order valence-electron chi connectivity index (χ1n) is 4.57. The Labute approximate surface area is 96.8 Å². The highest BCUT2D eigenvalue weighted by Crippen LogP contribution is 2.23. The van der Waals surface area contributed by atoms with Gasteiger partial charge in [-0.15, -0.1) is 0 Å². The lowest BCUT2D eigenvalue weighted by atomic mass is 10.0. The van der Waals surface area contributed by atoms with E-state index < -0.39 is 36.0 Å². The number of hydrogen-bond acceptors (Lipinski definition) is 4. The zero-order valence-corrected chi connectivity index (χ0v) is 9.16. The van der Waals surface area contributed by atoms with Crippen molar-refractivity contribution < 1.29 is 24.1 Å². The molecule has 90 valence electrons. The molecular formula is C10H12F2O3S. The van der Waals surface area contributed by atoms with Crippen LogP contribution in [0, 0.1) is 11.6 Å². The summed E-state index contributed by atoms with van der Waals surface area (Å²) in [7, 11) is 0. The van der Waals surface area contributed by atoms with Crippen molar-refractivity contribution >= 4 is 12.6 Å². The van der Waals surface area contributed by atoms with Gasteiger partial charge in [-0.1, -0.05) is 0 Å². The van der Waals surface area contributed by atoms with Gasteiger partial charge in [0.1, 0.15) is 17.7 Å². The van der Waals surface area contributed by atoms with E-state index in [0.717, 1.165) is 12.1 Å². The molecule has 2 atom stereocenters. The van der Waals surface area contributed by atoms with Gasteiger partial charge in [-0.3, -0.25) is 0 Å². The fourth-order valence-electron chi connectivity index (χ4n) is 1.27. The number of hydrogen-bond donors (Lipinski definition) is 4. The highest BCUT2D eigenvalue weighted by molar-refractivity contribution is 7.80. The standard InChI is InChI=1S/C10H12F2O3S/c11-7-1-5(10(15)9(14)4-16)2-8(12)6(7)3-13/h1-2,9-10,13-16H,3-4H2. The van der Waals surface area contributed by atoms with Crippen LogP contribution in [0.15, 0.2) is 12.1 Å². The van der Waals surface area contributed by atoms with Crippen LogP contribution in [0.3, 0.4) is 0 Å². The third kappa shape index (κ3) is 2.70. The number of aliphatic hydroxyl groups excluding tert-OH is 3. The van der Waals surface area contributed by atoms with Gasteiger partial charge < -0.3 is 15.3 Å². The van der Waals surface area contributed by atoms with E-state index in [1.165, 1.54) is 0 Å². The highest BCUT2D eigenvalue weighted by Gasteiger charge is 2.20. The van der Waals surface area contributed by atoms with Crippen molar-refractivity contribution in [1.82, 2.24) is 0 Å². The van der Waals surface area contributed by atoms with E-state index in [4.69, 9.17) is 5.11 Å². The Morgan fingerprint density at radius 1 is 1.19 bits per heavy atom. The van der Waals surface area contributed by atoms with Gasteiger partial charge in [-0.2, -0.15) is 12.6 Å². The predicted molar refractivity (Wildman–Crippen MR) is 57.1 cm³/mol. The van der Waals surface area contributed by atoms with Crippen LogP contribution in [-0.2, 0) is 6.61 Å². The Balaban J connectivity index is 3.08. The number of rotatable bonds is 4. The summed E-state index contributed by atoms with van der Waals surface area (Å²) in [4.78, 5) is 0. The first kappa shape index (κ1) is 13.4. The van der Waals surface area contributed by atoms with Gasteiger partial charge in [0.15, 0.2) is 0 Å². The smallest absolute Gasteiger partial charge is 0.132 e. The molecule has 1 aromatic carbocycles. The van der Waals surface area contributed by atoms with Gasteiger partial charge in [-0.05, 0) is 17.7 Å². The molecule has 1 aromatic rings. The summed E-state index contributed by atoms with van der Waals surface area (Å²) in [6, 6.07) is 1.76. The molecule has 3 N–H and O–H groups in total. The fourth-order valence-corrected chi connectivity index (χ4v) is 1.47. The molecule has 0 aliphatic rings. The molecule has 0 amide bonds. The molecule has 6 heteroatoms. The molecular weight excluding hydrogens is 238 g/mol. The van der Waals surface area contributed by atoms with Gasteiger partial charge in [0, 0.05) is 11.3 Å². The van der Waals surface area contributed by atoms with Crippen LogP contribution in [0.5, 0.6) is 0 Å². The van der Waals surface area contributed by atoms with E-state index in [1.807, 2.05) is 0 Å². The van der Waals surface area contributed by atoms with Crippen LogP contribution in [0.25, 0.3) is 0 Å². The molecule has 0 aromatic heterocycles. The maximum atomic E-state index is 13.2. The van der Waals surface area contributed by atoms with Crippen LogP contribution in [0.1, 0.15) is 17.2 Å². The first-order chi connectivity index (χ1) is 7.51. The van der Waals surface area contributed by atoms with E-state index in [0.29, 0.717) is 0 Å². The van der Waals surface area contributed by atoms with Crippen molar-refractivity contribution in [2.75, 3.05) is 5.75 Å². The highest BCUT2D eigenvalue weighted by atomic mass is 32.1. The van der Waals surface area contributed by atoms with Crippen LogP contribution < -0.4 is 0 Å². The molecule has 0 spiro atoms. The molecule has 0 fully saturated rings. The monoisotopic (exact) mass is 250 g/mol. The summed E-state index contributed by atoms with van der Waals surface area (Å²) in [5, 5.41) is 27.5. The lowest BCUT2D eigenvalue weighted by molar-refractivity contribution is 0.0333. The van der Waals surface area contributed by atoms with Gasteiger partial charge in [-0.25, -0.2) is 8.78 Å². The second kappa shape index (κ2) is 5.58. The Kier molecular flexibility index (Phi) is 4.67. The van der Waals surface area contributed by atoms with E-state index in [2.05, 4.69) is 12.6 Å². The molecule has 16 heavy (non-hydrogen) atoms. The Morgan fingerprint density at radius 2 is 1.69 bits per heavy atom. The van der Waals surface area contributed by atoms with Crippen LogP contribution in [-0.4, -0.2) is 27.2 Å². The average Bonchev–Trinajstić information content (AvgIpc) is 2.26. The fraction of sp³-hybridized carbons (Fsp3) is 0.400. The maximum Gasteiger partial charge on any atom is 0.132 e. The lowest BCUT2D eigenvalue weighted by Crippen LogP contribution is -2.20. The number of aliphatic hydroxyl groups is 3. The van der Waals surface area contributed by atoms with Gasteiger partial charge >= 0.3 is 0 Å². The van der Waals surface area contributed by atoms with Gasteiger partial charge in [0.25, 0.3) is 0 Å². The average molecular weight is 250 g/mol. The summed E-state index contributed by atoms with van der Waals surface area (Å²) < 4.78 is 26.5. The summed E-state index contributed by atoms with van der Waals surface area (Å²) in [6.45, 7) is -0.761. The van der Waals surface area contributed by atoms with Crippen molar-refractivity contribution in [3.8, 4) is 0 Å². The first-order valence-corrected chi connectivity index (χ1v) is 5.20. The van der Waals surface area contributed by atoms with Crippen molar-refractivity contribution in [2.24, 2.45) is 0 Å². The van der Waals surface area contributed by atoms with Gasteiger partial charge in [0.05, 0.1) is 12.7 Å². The summed E-state index contributed by atoms with van der Waals surface area (Å²) in [5.74, 6) is -1.95. The number of benzene rings is 1. The molecule has 0 aliphatic carbocycles. The Bertz CT molecular complexity index is 350. The molecule has 0 radical (unpaired) electrons. The molecule has 2 unspecified atom stereocenters. The van der Waals surface area contributed by atoms with Crippen molar-refractivity contribution in [1.29, 1.82) is 0 Å². The minimum absolute atomic E-state index is 0.0356. The summed E-state index contributed by atoms with van der Waals surface area (Å²) >= 11 is 3.76. The van der Waals surface area contributed by atoms with Crippen LogP contribution in [0.4, 0.5) is 8.78 Å². The minimum Gasteiger partial charge on any atom is -0.391 e. The third-order valence-electron chi connectivity index (χ3n) is 2.21. The van der Waals surface area contributed by atoms with E-state index in [1.54, 1.807) is 0 Å². The molecule has 0 aliphatic heterocycles. The lowest BCUT2D eigenvalue weighted by Gasteiger charge is -2.17. The van der Waals surface area contributed by atoms with Gasteiger partial charge in [0.2, 0.25) is 0 Å². The summed E-state index contributed by atoms with van der Waals surface area (Å²) in [5.41, 5.74) is -0.551. The normalized spacial score (nSPS) is 14.9. The molecule has 1 rings (SSSR count). The van der Waals surface area contributed by atoms with Crippen molar-refractivity contribution in [3.05, 3.63) is 34.9 Å². The quantitative estimate of drug-likeness (QED) is 0.597. The molecule has 0 saturated carbocycles. The Hall–Kier alpha value is -0.690. The molecule has 0 heterocycles. The SMILES string of the molecule is OCc1c(F)cc(C(O)C(O)CS)cc1F. The molecule has 3 nitrogen and oxygen atoms in total. The third-order valence-corrected chi connectivity index (χ3v) is 2.59. The van der Waals surface area contributed by atoms with Crippen molar-refractivity contribution in [2.45, 2.75) is 18.8 Å². The second-order valence-corrected chi connectivity index (χ2v) is 3.68. The van der Waals surface area contributed by atoms with E-state index >= 15 is 0 Å². The summed E-state index contributed by atoms with van der Waals surface area (Å²) in [6.07, 6.45) is -2.61. The molecule has 0 saturated heterocycles. The van der Waals surface area contributed by atoms with E-state index in [9.17, 15) is 19.0 Å². The second-order valence-electron chi connectivity index (χ2n) is 3.32. The number of thiol groups is 1. The maximum absolute atomic E-state index is 13.2. The topological polar surface area (TPSA) is 60.7 Å². The number of halogens is 2. The zero-order chi connectivity index (χ0) is 12.3. The van der Waals surface area contributed by atoms with Crippen molar-refractivity contribution in [3.63, 3.8) is 0 Å². The van der Waals surface area contributed by atoms with Crippen LogP contribution in [0.2, 0.25) is 0 Å². The van der Waals surface area contributed by atoms with E-state index in [-0.39, 0.29) is 11.3 Å². The minimum atomic E-state index is -1.41. The largest absolute Gasteiger partial charge is 0.391 e. The zero-order valence-electron chi connectivity index (χ0n) is 8.27. The predicted octanol–water partition coefficient (Wildman–Crippen LogP) is 0.781. The van der Waals surface area contributed by atoms with Crippen LogP contribution >= 0.6 is 12.6 Å². The molecule has 0 bridgehead atoms. The Morgan fingerprint density at radius 3 is 2.06 bits per heavy atom.